The molecule has 1 amide bonds. The van der Waals surface area contributed by atoms with Crippen LogP contribution >= 0.6 is 11.6 Å². The summed E-state index contributed by atoms with van der Waals surface area (Å²) in [6.45, 7) is 0. The molecule has 1 unspecified atom stereocenters. The number of amidine groups is 1. The minimum Gasteiger partial charge on any atom is -0.475 e. The van der Waals surface area contributed by atoms with Gasteiger partial charge in [-0.2, -0.15) is 22.7 Å². The van der Waals surface area contributed by atoms with Gasteiger partial charge in [0, 0.05) is 23.3 Å². The molecule has 0 spiro atoms. The molecule has 43 heavy (non-hydrogen) atoms. The first kappa shape index (κ1) is 34.6. The van der Waals surface area contributed by atoms with Gasteiger partial charge in [-0.3, -0.25) is 4.79 Å². The summed E-state index contributed by atoms with van der Waals surface area (Å²) in [5.41, 5.74) is 9.03. The monoisotopic (exact) mass is 639 g/mol. The SMILES string of the molecule is CN(C(Cc1cccc(/C(N)=N/O)c1)C(=O)Nc1ccc(-c2ccc(Cl)cc2C#N)cc1)S(C)(=O)=O.O=C(O)C(F)(F)F. The Morgan fingerprint density at radius 1 is 1.14 bits per heavy atom. The van der Waals surface area contributed by atoms with E-state index in [0.29, 0.717) is 33.0 Å². The highest BCUT2D eigenvalue weighted by atomic mass is 35.5. The van der Waals surface area contributed by atoms with E-state index in [-0.39, 0.29) is 12.3 Å². The van der Waals surface area contributed by atoms with E-state index in [9.17, 15) is 31.6 Å². The van der Waals surface area contributed by atoms with Crippen molar-refractivity contribution in [2.24, 2.45) is 10.9 Å². The number of aliphatic carboxylic acids is 1. The van der Waals surface area contributed by atoms with Crippen molar-refractivity contribution in [3.05, 3.63) is 88.4 Å². The summed E-state index contributed by atoms with van der Waals surface area (Å²) in [5.74, 6) is -3.39. The van der Waals surface area contributed by atoms with Crippen LogP contribution in [0.25, 0.3) is 11.1 Å². The number of hydrogen-bond donors (Lipinski definition) is 4. The number of halogens is 4. The van der Waals surface area contributed by atoms with Crippen molar-refractivity contribution >= 4 is 45.0 Å². The zero-order valence-electron chi connectivity index (χ0n) is 22.5. The molecule has 0 aliphatic carbocycles. The molecule has 0 saturated carbocycles. The molecular formula is C27H25ClF3N5O6S. The van der Waals surface area contributed by atoms with Gasteiger partial charge in [-0.05, 0) is 53.4 Å². The molecule has 0 heterocycles. The molecule has 3 rings (SSSR count). The van der Waals surface area contributed by atoms with Crippen molar-refractivity contribution in [3.63, 3.8) is 0 Å². The highest BCUT2D eigenvalue weighted by molar-refractivity contribution is 7.88. The van der Waals surface area contributed by atoms with Crippen LogP contribution < -0.4 is 11.1 Å². The molecule has 1 atom stereocenters. The van der Waals surface area contributed by atoms with Gasteiger partial charge in [-0.25, -0.2) is 13.2 Å². The predicted octanol–water partition coefficient (Wildman–Crippen LogP) is 4.05. The molecule has 3 aromatic carbocycles. The number of likely N-dealkylation sites (N-methyl/N-ethyl adjacent to an activating group) is 1. The molecule has 0 aliphatic rings. The molecule has 0 radical (unpaired) electrons. The fraction of sp³-hybridized carbons (Fsp3) is 0.185. The Morgan fingerprint density at radius 2 is 1.74 bits per heavy atom. The van der Waals surface area contributed by atoms with E-state index in [1.807, 2.05) is 0 Å². The number of hydrogen-bond acceptors (Lipinski definition) is 7. The molecule has 11 nitrogen and oxygen atoms in total. The van der Waals surface area contributed by atoms with Crippen LogP contribution in [0, 0.1) is 11.3 Å². The maximum atomic E-state index is 13.2. The molecule has 0 saturated heterocycles. The Hall–Kier alpha value is -4.65. The minimum absolute atomic E-state index is 0.0519. The quantitative estimate of drug-likeness (QED) is 0.123. The molecule has 16 heteroatoms. The number of carbonyl (C=O) groups excluding carboxylic acids is 1. The number of nitriles is 1. The standard InChI is InChI=1S/C25H24ClN5O4S.C2HF3O2/c1-31(36(2,34)35)23(13-16-4-3-5-18(12-16)24(28)30-33)25(32)29-21-9-6-17(7-10-21)22-11-8-20(26)14-19(22)15-27;3-2(4,5)1(6)7/h3-12,14,23,33H,13H2,1-2H3,(H2,28,30)(H,29,32);(H,6,7). The summed E-state index contributed by atoms with van der Waals surface area (Å²) in [6, 6.07) is 19.5. The molecule has 5 N–H and O–H groups in total. The average Bonchev–Trinajstić information content (AvgIpc) is 2.95. The summed E-state index contributed by atoms with van der Waals surface area (Å²) in [6.07, 6.45) is -4.01. The van der Waals surface area contributed by atoms with Crippen molar-refractivity contribution in [1.29, 1.82) is 5.26 Å². The van der Waals surface area contributed by atoms with E-state index in [2.05, 4.69) is 16.5 Å². The second-order valence-electron chi connectivity index (χ2n) is 8.86. The van der Waals surface area contributed by atoms with E-state index in [1.54, 1.807) is 66.7 Å². The minimum atomic E-state index is -5.08. The van der Waals surface area contributed by atoms with Gasteiger partial charge in [-0.15, -0.1) is 0 Å². The second-order valence-corrected chi connectivity index (χ2v) is 11.3. The third-order valence-corrected chi connectivity index (χ3v) is 7.37. The second kappa shape index (κ2) is 14.5. The highest BCUT2D eigenvalue weighted by Gasteiger charge is 2.38. The molecular weight excluding hydrogens is 615 g/mol. The van der Waals surface area contributed by atoms with Crippen molar-refractivity contribution in [1.82, 2.24) is 4.31 Å². The molecule has 0 aliphatic heterocycles. The number of anilines is 1. The van der Waals surface area contributed by atoms with Crippen molar-refractivity contribution in [3.8, 4) is 17.2 Å². The molecule has 228 valence electrons. The van der Waals surface area contributed by atoms with Gasteiger partial charge < -0.3 is 21.4 Å². The van der Waals surface area contributed by atoms with E-state index in [0.717, 1.165) is 16.1 Å². The number of oxime groups is 1. The first-order valence-electron chi connectivity index (χ1n) is 11.9. The lowest BCUT2D eigenvalue weighted by molar-refractivity contribution is -0.192. The topological polar surface area (TPSA) is 186 Å². The summed E-state index contributed by atoms with van der Waals surface area (Å²) in [7, 11) is -2.37. The third-order valence-electron chi connectivity index (χ3n) is 5.83. The van der Waals surface area contributed by atoms with E-state index in [4.69, 9.17) is 32.4 Å². The maximum Gasteiger partial charge on any atom is 0.490 e. The fourth-order valence-corrected chi connectivity index (χ4v) is 4.38. The van der Waals surface area contributed by atoms with Gasteiger partial charge in [0.05, 0.1) is 17.9 Å². The number of nitrogens with two attached hydrogens (primary N) is 1. The summed E-state index contributed by atoms with van der Waals surface area (Å²) in [5, 5.41) is 31.6. The predicted molar refractivity (Wildman–Crippen MR) is 153 cm³/mol. The fourth-order valence-electron chi connectivity index (χ4n) is 3.58. The lowest BCUT2D eigenvalue weighted by Gasteiger charge is -2.25. The third kappa shape index (κ3) is 9.99. The number of sulfonamides is 1. The lowest BCUT2D eigenvalue weighted by atomic mass is 10.00. The lowest BCUT2D eigenvalue weighted by Crippen LogP contribution is -2.46. The Labute approximate surface area is 249 Å². The number of carboxylic acid groups (broad SMARTS) is 1. The number of benzene rings is 3. The number of nitrogens with zero attached hydrogens (tertiary/aromatic N) is 3. The van der Waals surface area contributed by atoms with Crippen LogP contribution in [0.4, 0.5) is 18.9 Å². The number of rotatable bonds is 8. The normalized spacial score (nSPS) is 12.5. The van der Waals surface area contributed by atoms with Crippen LogP contribution in [-0.2, 0) is 26.0 Å². The number of alkyl halides is 3. The number of amides is 1. The first-order valence-corrected chi connectivity index (χ1v) is 14.1. The van der Waals surface area contributed by atoms with Crippen molar-refractivity contribution in [2.45, 2.75) is 18.6 Å². The van der Waals surface area contributed by atoms with Gasteiger partial charge in [0.2, 0.25) is 15.9 Å². The van der Waals surface area contributed by atoms with Crippen LogP contribution in [0.15, 0.2) is 71.9 Å². The smallest absolute Gasteiger partial charge is 0.475 e. The summed E-state index contributed by atoms with van der Waals surface area (Å²) < 4.78 is 57.3. The van der Waals surface area contributed by atoms with Crippen molar-refractivity contribution < 1.29 is 41.5 Å². The van der Waals surface area contributed by atoms with Crippen LogP contribution in [0.1, 0.15) is 16.7 Å². The number of carboxylic acids is 1. The Bertz CT molecular complexity index is 1660. The Morgan fingerprint density at radius 3 is 2.26 bits per heavy atom. The average molecular weight is 640 g/mol. The van der Waals surface area contributed by atoms with Crippen LogP contribution in [0.3, 0.4) is 0 Å². The van der Waals surface area contributed by atoms with Crippen LogP contribution in [0.5, 0.6) is 0 Å². The van der Waals surface area contributed by atoms with E-state index < -0.39 is 34.1 Å². The Kier molecular flexibility index (Phi) is 11.6. The number of carbonyl (C=O) groups is 2. The van der Waals surface area contributed by atoms with Gasteiger partial charge in [-0.1, -0.05) is 53.2 Å². The highest BCUT2D eigenvalue weighted by Crippen LogP contribution is 2.27. The summed E-state index contributed by atoms with van der Waals surface area (Å²) >= 11 is 5.97. The first-order chi connectivity index (χ1) is 20.0. The molecule has 3 aromatic rings. The zero-order valence-corrected chi connectivity index (χ0v) is 24.1. The zero-order chi connectivity index (χ0) is 32.5. The summed E-state index contributed by atoms with van der Waals surface area (Å²) in [4.78, 5) is 22.1. The molecule has 0 fully saturated rings. The van der Waals surface area contributed by atoms with Crippen LogP contribution in [0.2, 0.25) is 5.02 Å². The van der Waals surface area contributed by atoms with Crippen LogP contribution in [-0.4, -0.2) is 66.3 Å². The van der Waals surface area contributed by atoms with Gasteiger partial charge in [0.1, 0.15) is 6.04 Å². The van der Waals surface area contributed by atoms with Gasteiger partial charge >= 0.3 is 12.1 Å². The van der Waals surface area contributed by atoms with E-state index in [1.165, 1.54) is 7.05 Å². The number of nitrogens with one attached hydrogen (secondary N) is 1. The van der Waals surface area contributed by atoms with Gasteiger partial charge in [0.25, 0.3) is 0 Å². The van der Waals surface area contributed by atoms with E-state index >= 15 is 0 Å². The Balaban J connectivity index is 0.000000821. The van der Waals surface area contributed by atoms with Gasteiger partial charge in [0.15, 0.2) is 5.84 Å². The molecule has 0 aromatic heterocycles. The molecule has 0 bridgehead atoms. The largest absolute Gasteiger partial charge is 0.490 e. The van der Waals surface area contributed by atoms with Crippen molar-refractivity contribution in [2.75, 3.05) is 18.6 Å². The maximum absolute atomic E-state index is 13.2.